The SMILES string of the molecule is COC(=O)c1c(NC(=O)COc2cccc(OC)c2)sc(C)c1-c1ccc(F)cc1. The van der Waals surface area contributed by atoms with E-state index in [0.29, 0.717) is 27.6 Å². The van der Waals surface area contributed by atoms with Crippen LogP contribution in [0, 0.1) is 12.7 Å². The number of benzene rings is 2. The maximum absolute atomic E-state index is 13.3. The Bertz CT molecular complexity index is 1060. The fraction of sp³-hybridized carbons (Fsp3) is 0.182. The zero-order chi connectivity index (χ0) is 21.7. The number of methoxy groups -OCH3 is 2. The normalized spacial score (nSPS) is 10.4. The van der Waals surface area contributed by atoms with Gasteiger partial charge in [0.25, 0.3) is 5.91 Å². The molecule has 1 aromatic heterocycles. The van der Waals surface area contributed by atoms with Gasteiger partial charge in [-0.25, -0.2) is 9.18 Å². The van der Waals surface area contributed by atoms with E-state index in [1.54, 1.807) is 36.4 Å². The Kier molecular flexibility index (Phi) is 6.68. The number of nitrogens with one attached hydrogen (secondary N) is 1. The predicted octanol–water partition coefficient (Wildman–Crippen LogP) is 4.68. The van der Waals surface area contributed by atoms with Gasteiger partial charge in [-0.3, -0.25) is 4.79 Å². The van der Waals surface area contributed by atoms with Crippen LogP contribution in [0.3, 0.4) is 0 Å². The van der Waals surface area contributed by atoms with E-state index in [1.807, 2.05) is 6.92 Å². The average Bonchev–Trinajstić information content (AvgIpc) is 3.07. The Balaban J connectivity index is 1.82. The maximum atomic E-state index is 13.3. The summed E-state index contributed by atoms with van der Waals surface area (Å²) in [6, 6.07) is 12.7. The van der Waals surface area contributed by atoms with E-state index in [4.69, 9.17) is 14.2 Å². The molecule has 0 atom stereocenters. The molecule has 0 bridgehead atoms. The van der Waals surface area contributed by atoms with Crippen molar-refractivity contribution in [2.24, 2.45) is 0 Å². The van der Waals surface area contributed by atoms with Gasteiger partial charge >= 0.3 is 5.97 Å². The second-order valence-electron chi connectivity index (χ2n) is 6.25. The zero-order valence-electron chi connectivity index (χ0n) is 16.7. The van der Waals surface area contributed by atoms with Crippen LogP contribution >= 0.6 is 11.3 Å². The molecule has 0 fully saturated rings. The van der Waals surface area contributed by atoms with Crippen molar-refractivity contribution in [3.05, 3.63) is 64.8 Å². The summed E-state index contributed by atoms with van der Waals surface area (Å²) in [5.41, 5.74) is 1.47. The molecule has 0 saturated heterocycles. The van der Waals surface area contributed by atoms with Gasteiger partial charge < -0.3 is 19.5 Å². The lowest BCUT2D eigenvalue weighted by atomic mass is 10.0. The van der Waals surface area contributed by atoms with Crippen LogP contribution in [0.25, 0.3) is 11.1 Å². The summed E-state index contributed by atoms with van der Waals surface area (Å²) in [4.78, 5) is 25.7. The quantitative estimate of drug-likeness (QED) is 0.552. The molecular formula is C22H20FNO5S. The molecule has 0 unspecified atom stereocenters. The number of hydrogen-bond acceptors (Lipinski definition) is 6. The molecule has 0 aliphatic carbocycles. The van der Waals surface area contributed by atoms with Crippen molar-refractivity contribution < 1.29 is 28.2 Å². The summed E-state index contributed by atoms with van der Waals surface area (Å²) < 4.78 is 28.8. The smallest absolute Gasteiger partial charge is 0.341 e. The van der Waals surface area contributed by atoms with Crippen LogP contribution in [0.5, 0.6) is 11.5 Å². The summed E-state index contributed by atoms with van der Waals surface area (Å²) in [6.07, 6.45) is 0. The predicted molar refractivity (Wildman–Crippen MR) is 113 cm³/mol. The van der Waals surface area contributed by atoms with Gasteiger partial charge in [0.05, 0.1) is 14.2 Å². The number of halogens is 1. The third-order valence-corrected chi connectivity index (χ3v) is 5.29. The van der Waals surface area contributed by atoms with Crippen molar-refractivity contribution in [1.29, 1.82) is 0 Å². The molecule has 0 radical (unpaired) electrons. The van der Waals surface area contributed by atoms with Gasteiger partial charge in [0.15, 0.2) is 6.61 Å². The minimum absolute atomic E-state index is 0.223. The highest BCUT2D eigenvalue weighted by molar-refractivity contribution is 7.17. The van der Waals surface area contributed by atoms with E-state index in [-0.39, 0.29) is 18.0 Å². The molecule has 30 heavy (non-hydrogen) atoms. The van der Waals surface area contributed by atoms with Gasteiger partial charge in [-0.15, -0.1) is 11.3 Å². The maximum Gasteiger partial charge on any atom is 0.341 e. The molecule has 6 nitrogen and oxygen atoms in total. The Morgan fingerprint density at radius 3 is 2.43 bits per heavy atom. The fourth-order valence-corrected chi connectivity index (χ4v) is 3.98. The van der Waals surface area contributed by atoms with Gasteiger partial charge in [-0.1, -0.05) is 18.2 Å². The summed E-state index contributed by atoms with van der Waals surface area (Å²) in [6.45, 7) is 1.56. The van der Waals surface area contributed by atoms with Crippen molar-refractivity contribution >= 4 is 28.2 Å². The molecule has 0 spiro atoms. The molecule has 8 heteroatoms. The summed E-state index contributed by atoms with van der Waals surface area (Å²) in [7, 11) is 2.80. The third-order valence-electron chi connectivity index (χ3n) is 4.27. The number of rotatable bonds is 7. The average molecular weight is 429 g/mol. The van der Waals surface area contributed by atoms with E-state index in [9.17, 15) is 14.0 Å². The number of aryl methyl sites for hydroxylation is 1. The number of esters is 1. The van der Waals surface area contributed by atoms with E-state index < -0.39 is 11.9 Å². The van der Waals surface area contributed by atoms with Crippen molar-refractivity contribution in [2.45, 2.75) is 6.92 Å². The molecule has 3 rings (SSSR count). The van der Waals surface area contributed by atoms with Crippen molar-refractivity contribution in [3.8, 4) is 22.6 Å². The number of hydrogen-bond donors (Lipinski definition) is 1. The summed E-state index contributed by atoms with van der Waals surface area (Å²) in [5.74, 6) is -0.321. The number of amides is 1. The van der Waals surface area contributed by atoms with Gasteiger partial charge in [0.2, 0.25) is 0 Å². The molecule has 1 amide bonds. The van der Waals surface area contributed by atoms with E-state index in [1.165, 1.54) is 37.7 Å². The lowest BCUT2D eigenvalue weighted by Gasteiger charge is -2.10. The molecule has 0 aliphatic rings. The highest BCUT2D eigenvalue weighted by Gasteiger charge is 2.25. The molecule has 3 aromatic rings. The molecule has 156 valence electrons. The van der Waals surface area contributed by atoms with Gasteiger partial charge in [-0.2, -0.15) is 0 Å². The number of carbonyl (C=O) groups excluding carboxylic acids is 2. The summed E-state index contributed by atoms with van der Waals surface area (Å²) in [5, 5.41) is 3.06. The van der Waals surface area contributed by atoms with Gasteiger partial charge in [0, 0.05) is 16.5 Å². The van der Waals surface area contributed by atoms with Crippen LogP contribution < -0.4 is 14.8 Å². The molecule has 0 saturated carbocycles. The number of thiophene rings is 1. The molecular weight excluding hydrogens is 409 g/mol. The van der Waals surface area contributed by atoms with Crippen molar-refractivity contribution in [3.63, 3.8) is 0 Å². The van der Waals surface area contributed by atoms with Crippen LogP contribution in [0.15, 0.2) is 48.5 Å². The first-order chi connectivity index (χ1) is 14.4. The van der Waals surface area contributed by atoms with Crippen LogP contribution in [0.4, 0.5) is 9.39 Å². The largest absolute Gasteiger partial charge is 0.497 e. The summed E-state index contributed by atoms with van der Waals surface area (Å²) >= 11 is 1.24. The van der Waals surface area contributed by atoms with Crippen LogP contribution in [0.1, 0.15) is 15.2 Å². The first kappa shape index (κ1) is 21.3. The molecule has 0 aliphatic heterocycles. The van der Waals surface area contributed by atoms with E-state index in [2.05, 4.69) is 5.32 Å². The number of ether oxygens (including phenoxy) is 3. The van der Waals surface area contributed by atoms with Crippen molar-refractivity contribution in [1.82, 2.24) is 0 Å². The molecule has 2 aromatic carbocycles. The molecule has 1 heterocycles. The standard InChI is InChI=1S/C22H20FNO5S/c1-13-19(14-7-9-15(23)10-8-14)20(22(26)28-3)21(30-13)24-18(25)12-29-17-6-4-5-16(11-17)27-2/h4-11H,12H2,1-3H3,(H,24,25). The fourth-order valence-electron chi connectivity index (χ4n) is 2.90. The minimum Gasteiger partial charge on any atom is -0.497 e. The second kappa shape index (κ2) is 9.41. The second-order valence-corrected chi connectivity index (χ2v) is 7.48. The van der Waals surface area contributed by atoms with Gasteiger partial charge in [0.1, 0.15) is 27.9 Å². The Labute approximate surface area is 177 Å². The third kappa shape index (κ3) is 4.77. The highest BCUT2D eigenvalue weighted by Crippen LogP contribution is 2.40. The lowest BCUT2D eigenvalue weighted by Crippen LogP contribution is -2.21. The number of carbonyl (C=O) groups is 2. The lowest BCUT2D eigenvalue weighted by molar-refractivity contribution is -0.118. The van der Waals surface area contributed by atoms with Crippen LogP contribution in [-0.4, -0.2) is 32.7 Å². The van der Waals surface area contributed by atoms with E-state index in [0.717, 1.165) is 4.88 Å². The Hall–Kier alpha value is -3.39. The minimum atomic E-state index is -0.595. The first-order valence-corrected chi connectivity index (χ1v) is 9.79. The van der Waals surface area contributed by atoms with Crippen LogP contribution in [-0.2, 0) is 9.53 Å². The number of anilines is 1. The highest BCUT2D eigenvalue weighted by atomic mass is 32.1. The Morgan fingerprint density at radius 2 is 1.77 bits per heavy atom. The van der Waals surface area contributed by atoms with Crippen LogP contribution in [0.2, 0.25) is 0 Å². The topological polar surface area (TPSA) is 73.9 Å². The van der Waals surface area contributed by atoms with E-state index >= 15 is 0 Å². The zero-order valence-corrected chi connectivity index (χ0v) is 17.5. The monoisotopic (exact) mass is 429 g/mol. The first-order valence-electron chi connectivity index (χ1n) is 8.97. The van der Waals surface area contributed by atoms with Crippen molar-refractivity contribution in [2.75, 3.05) is 26.1 Å². The Morgan fingerprint density at radius 1 is 1.07 bits per heavy atom. The molecule has 1 N–H and O–H groups in total. The van der Waals surface area contributed by atoms with Gasteiger partial charge in [-0.05, 0) is 36.8 Å².